The van der Waals surface area contributed by atoms with Crippen LogP contribution < -0.4 is 16.0 Å². The predicted octanol–water partition coefficient (Wildman–Crippen LogP) is 3.93. The molecule has 0 radical (unpaired) electrons. The lowest BCUT2D eigenvalue weighted by Gasteiger charge is -2.24. The summed E-state index contributed by atoms with van der Waals surface area (Å²) in [5, 5.41) is 9.81. The highest BCUT2D eigenvalue weighted by molar-refractivity contribution is 7.18. The molecule has 5 nitrogen and oxygen atoms in total. The number of benzene rings is 1. The summed E-state index contributed by atoms with van der Waals surface area (Å²) in [5.74, 6) is -0.739. The van der Waals surface area contributed by atoms with E-state index in [2.05, 4.69) is 16.0 Å². The Morgan fingerprint density at radius 1 is 1.30 bits per heavy atom. The van der Waals surface area contributed by atoms with E-state index >= 15 is 0 Å². The molecule has 2 heterocycles. The van der Waals surface area contributed by atoms with E-state index < -0.39 is 5.82 Å². The molecule has 0 unspecified atom stereocenters. The van der Waals surface area contributed by atoms with Gasteiger partial charge in [0.25, 0.3) is 5.91 Å². The fourth-order valence-electron chi connectivity index (χ4n) is 3.29. The molecular formula is C20H24FN3O2S. The van der Waals surface area contributed by atoms with Gasteiger partial charge in [0.2, 0.25) is 0 Å². The summed E-state index contributed by atoms with van der Waals surface area (Å²) in [7, 11) is 0. The van der Waals surface area contributed by atoms with Crippen molar-refractivity contribution in [3.8, 4) is 0 Å². The van der Waals surface area contributed by atoms with Gasteiger partial charge in [0, 0.05) is 12.6 Å². The molecular weight excluding hydrogens is 365 g/mol. The molecule has 0 spiro atoms. The smallest absolute Gasteiger partial charge is 0.254 e. The average molecular weight is 389 g/mol. The van der Waals surface area contributed by atoms with Crippen molar-refractivity contribution < 1.29 is 14.0 Å². The maximum absolute atomic E-state index is 14.3. The van der Waals surface area contributed by atoms with Gasteiger partial charge < -0.3 is 16.0 Å². The van der Waals surface area contributed by atoms with Crippen LogP contribution in [0.2, 0.25) is 0 Å². The first-order valence-corrected chi connectivity index (χ1v) is 9.87. The van der Waals surface area contributed by atoms with Crippen LogP contribution in [-0.4, -0.2) is 30.8 Å². The summed E-state index contributed by atoms with van der Waals surface area (Å²) in [6, 6.07) is 4.92. The second-order valence-corrected chi connectivity index (χ2v) is 7.96. The number of piperidine rings is 1. The highest BCUT2D eigenvalue weighted by Gasteiger charge is 2.26. The number of hydrogen-bond donors (Lipinski definition) is 3. The highest BCUT2D eigenvalue weighted by Crippen LogP contribution is 2.36. The predicted molar refractivity (Wildman–Crippen MR) is 107 cm³/mol. The number of rotatable bonds is 5. The summed E-state index contributed by atoms with van der Waals surface area (Å²) in [6.45, 7) is 6.73. The zero-order valence-corrected chi connectivity index (χ0v) is 16.6. The summed E-state index contributed by atoms with van der Waals surface area (Å²) in [5.41, 5.74) is 2.14. The molecule has 0 saturated carbocycles. The van der Waals surface area contributed by atoms with Gasteiger partial charge in [0.15, 0.2) is 5.78 Å². The maximum Gasteiger partial charge on any atom is 0.254 e. The number of nitrogens with one attached hydrogen (secondary N) is 3. The molecule has 1 amide bonds. The third-order valence-electron chi connectivity index (χ3n) is 4.70. The number of carbonyl (C=O) groups is 2. The molecule has 0 bridgehead atoms. The van der Waals surface area contributed by atoms with Crippen molar-refractivity contribution in [1.29, 1.82) is 0 Å². The highest BCUT2D eigenvalue weighted by atomic mass is 32.1. The third kappa shape index (κ3) is 4.36. The second kappa shape index (κ2) is 8.19. The van der Waals surface area contributed by atoms with E-state index in [4.69, 9.17) is 0 Å². The van der Waals surface area contributed by atoms with Gasteiger partial charge in [0.05, 0.1) is 16.1 Å². The molecule has 7 heteroatoms. The van der Waals surface area contributed by atoms with Crippen molar-refractivity contribution in [2.75, 3.05) is 18.4 Å². The fourth-order valence-corrected chi connectivity index (χ4v) is 4.40. The van der Waals surface area contributed by atoms with Crippen LogP contribution in [0.1, 0.15) is 50.9 Å². The van der Waals surface area contributed by atoms with Crippen molar-refractivity contribution in [3.63, 3.8) is 0 Å². The molecule has 3 N–H and O–H groups in total. The Labute approximate surface area is 162 Å². The van der Waals surface area contributed by atoms with Gasteiger partial charge in [-0.3, -0.25) is 9.59 Å². The minimum atomic E-state index is -0.395. The topological polar surface area (TPSA) is 70.2 Å². The normalized spacial score (nSPS) is 16.8. The number of Topliss-reactive ketones (excluding diaryl/α,β-unsaturated/α-hetero) is 1. The number of amides is 1. The van der Waals surface area contributed by atoms with Gasteiger partial charge in [-0.05, 0) is 63.4 Å². The molecule has 27 heavy (non-hydrogen) atoms. The van der Waals surface area contributed by atoms with E-state index in [0.29, 0.717) is 21.0 Å². The summed E-state index contributed by atoms with van der Waals surface area (Å²) in [4.78, 5) is 25.4. The lowest BCUT2D eigenvalue weighted by molar-refractivity contribution is 0.0931. The number of anilines is 2. The largest absolute Gasteiger partial charge is 0.348 e. The van der Waals surface area contributed by atoms with E-state index in [-0.39, 0.29) is 23.4 Å². The van der Waals surface area contributed by atoms with Crippen molar-refractivity contribution in [2.24, 2.45) is 0 Å². The average Bonchev–Trinajstić information content (AvgIpc) is 2.95. The number of aryl methyl sites for hydroxylation is 1. The lowest BCUT2D eigenvalue weighted by atomic mass is 10.1. The molecule has 1 fully saturated rings. The van der Waals surface area contributed by atoms with Gasteiger partial charge in [0.1, 0.15) is 10.8 Å². The Balaban J connectivity index is 1.93. The fraction of sp³-hybridized carbons (Fsp3) is 0.400. The molecule has 2 aromatic rings. The molecule has 1 aliphatic heterocycles. The molecule has 1 aromatic heterocycles. The number of halogens is 1. The van der Waals surface area contributed by atoms with Crippen molar-refractivity contribution in [2.45, 2.75) is 39.7 Å². The van der Waals surface area contributed by atoms with Gasteiger partial charge in [-0.15, -0.1) is 11.3 Å². The Bertz CT molecular complexity index is 872. The zero-order chi connectivity index (χ0) is 19.6. The van der Waals surface area contributed by atoms with Crippen LogP contribution in [0.5, 0.6) is 0 Å². The van der Waals surface area contributed by atoms with Crippen LogP contribution in [0.3, 0.4) is 0 Å². The van der Waals surface area contributed by atoms with Gasteiger partial charge in [-0.25, -0.2) is 4.39 Å². The molecule has 1 saturated heterocycles. The van der Waals surface area contributed by atoms with E-state index in [0.717, 1.165) is 31.5 Å². The van der Waals surface area contributed by atoms with Crippen LogP contribution in [-0.2, 0) is 0 Å². The van der Waals surface area contributed by atoms with E-state index in [1.54, 1.807) is 19.1 Å². The minimum Gasteiger partial charge on any atom is -0.348 e. The molecule has 1 atom stereocenters. The maximum atomic E-state index is 14.3. The Hall–Kier alpha value is -2.25. The number of hydrogen-bond acceptors (Lipinski definition) is 5. The first-order chi connectivity index (χ1) is 12.9. The van der Waals surface area contributed by atoms with Crippen LogP contribution in [0.15, 0.2) is 18.2 Å². The monoisotopic (exact) mass is 389 g/mol. The molecule has 144 valence electrons. The van der Waals surface area contributed by atoms with Crippen molar-refractivity contribution in [1.82, 2.24) is 10.6 Å². The molecule has 1 aromatic carbocycles. The van der Waals surface area contributed by atoms with E-state index in [1.807, 2.05) is 6.92 Å². The third-order valence-corrected chi connectivity index (χ3v) is 6.01. The quantitative estimate of drug-likeness (QED) is 0.678. The van der Waals surface area contributed by atoms with Crippen LogP contribution in [0.4, 0.5) is 15.1 Å². The molecule has 1 aliphatic rings. The van der Waals surface area contributed by atoms with E-state index in [9.17, 15) is 14.0 Å². The molecule has 0 aliphatic carbocycles. The first kappa shape index (κ1) is 19.5. The summed E-state index contributed by atoms with van der Waals surface area (Å²) in [6.07, 6.45) is 1.92. The summed E-state index contributed by atoms with van der Waals surface area (Å²) < 4.78 is 14.3. The second-order valence-electron chi connectivity index (χ2n) is 6.94. The number of carbonyl (C=O) groups excluding carboxylic acids is 2. The van der Waals surface area contributed by atoms with Gasteiger partial charge in [-0.2, -0.15) is 0 Å². The van der Waals surface area contributed by atoms with Crippen LogP contribution in [0.25, 0.3) is 0 Å². The van der Waals surface area contributed by atoms with Crippen molar-refractivity contribution in [3.05, 3.63) is 45.6 Å². The van der Waals surface area contributed by atoms with Crippen LogP contribution in [0, 0.1) is 19.7 Å². The van der Waals surface area contributed by atoms with Crippen molar-refractivity contribution >= 4 is 33.7 Å². The van der Waals surface area contributed by atoms with Gasteiger partial charge in [-0.1, -0.05) is 6.07 Å². The SMILES string of the molecule is CC(=O)c1sc(Nc2ccc(C)cc2F)c(C(=O)N[C@@H]2CCCNC2)c1C. The summed E-state index contributed by atoms with van der Waals surface area (Å²) >= 11 is 1.19. The first-order valence-electron chi connectivity index (χ1n) is 9.06. The Morgan fingerprint density at radius 2 is 2.07 bits per heavy atom. The Morgan fingerprint density at radius 3 is 2.70 bits per heavy atom. The standard InChI is InChI=1S/C20H24FN3O2S/c1-11-6-7-16(15(21)9-11)24-20-17(12(2)18(27-20)13(3)25)19(26)23-14-5-4-8-22-10-14/h6-7,9,14,22,24H,4-5,8,10H2,1-3H3,(H,23,26)/t14-/m1/s1. The number of ketones is 1. The van der Waals surface area contributed by atoms with E-state index in [1.165, 1.54) is 24.3 Å². The molecule has 3 rings (SSSR count). The van der Waals surface area contributed by atoms with Gasteiger partial charge >= 0.3 is 0 Å². The van der Waals surface area contributed by atoms with Crippen LogP contribution >= 0.6 is 11.3 Å². The Kier molecular flexibility index (Phi) is 5.92. The zero-order valence-electron chi connectivity index (χ0n) is 15.7. The minimum absolute atomic E-state index is 0.0512. The number of thiophene rings is 1. The lowest BCUT2D eigenvalue weighted by Crippen LogP contribution is -2.45.